The number of nitrogens with one attached hydrogen (secondary N) is 1. The van der Waals surface area contributed by atoms with Gasteiger partial charge in [0.2, 0.25) is 5.91 Å². The van der Waals surface area contributed by atoms with Gasteiger partial charge < -0.3 is 15.0 Å². The maximum absolute atomic E-state index is 13.6. The van der Waals surface area contributed by atoms with Crippen LogP contribution in [-0.2, 0) is 22.6 Å². The lowest BCUT2D eigenvalue weighted by Crippen LogP contribution is -2.51. The Morgan fingerprint density at radius 2 is 1.63 bits per heavy atom. The number of likely N-dealkylation sites (N-methyl/N-ethyl adjacent to an activating group) is 1. The van der Waals surface area contributed by atoms with E-state index in [9.17, 15) is 9.59 Å². The van der Waals surface area contributed by atoms with Crippen molar-refractivity contribution in [1.29, 1.82) is 0 Å². The predicted molar refractivity (Wildman–Crippen MR) is 141 cm³/mol. The Morgan fingerprint density at radius 3 is 2.26 bits per heavy atom. The lowest BCUT2D eigenvalue weighted by atomic mass is 10.0. The summed E-state index contributed by atoms with van der Waals surface area (Å²) < 4.78 is 5.83. The monoisotopic (exact) mass is 512 g/mol. The van der Waals surface area contributed by atoms with Crippen LogP contribution < -0.4 is 10.1 Å². The molecule has 3 aromatic rings. The number of halogens is 2. The van der Waals surface area contributed by atoms with E-state index in [-0.39, 0.29) is 25.0 Å². The van der Waals surface area contributed by atoms with Gasteiger partial charge in [0.25, 0.3) is 5.91 Å². The zero-order chi connectivity index (χ0) is 25.4. The van der Waals surface area contributed by atoms with Gasteiger partial charge in [-0.15, -0.1) is 0 Å². The zero-order valence-corrected chi connectivity index (χ0v) is 21.7. The maximum Gasteiger partial charge on any atom is 0.261 e. The third-order valence-electron chi connectivity index (χ3n) is 5.85. The van der Waals surface area contributed by atoms with Crippen molar-refractivity contribution in [3.63, 3.8) is 0 Å². The van der Waals surface area contributed by atoms with E-state index < -0.39 is 6.04 Å². The quantitative estimate of drug-likeness (QED) is 0.375. The van der Waals surface area contributed by atoms with Gasteiger partial charge in [0, 0.05) is 35.1 Å². The minimum Gasteiger partial charge on any atom is -0.484 e. The third-order valence-corrected chi connectivity index (χ3v) is 6.56. The first-order valence-electron chi connectivity index (χ1n) is 11.5. The minimum absolute atomic E-state index is 0.0717. The molecule has 1 atom stereocenters. The fourth-order valence-corrected chi connectivity index (χ4v) is 4.25. The van der Waals surface area contributed by atoms with Crippen LogP contribution in [0, 0.1) is 13.8 Å². The Labute approximate surface area is 217 Å². The number of benzene rings is 3. The number of nitrogens with zero attached hydrogens (tertiary/aromatic N) is 1. The highest BCUT2D eigenvalue weighted by Crippen LogP contribution is 2.27. The van der Waals surface area contributed by atoms with Gasteiger partial charge in [0.1, 0.15) is 11.8 Å². The molecule has 0 aliphatic carbocycles. The summed E-state index contributed by atoms with van der Waals surface area (Å²) in [6, 6.07) is 19.7. The molecule has 0 fully saturated rings. The highest BCUT2D eigenvalue weighted by atomic mass is 35.5. The molecule has 0 unspecified atom stereocenters. The highest BCUT2D eigenvalue weighted by molar-refractivity contribution is 6.36. The smallest absolute Gasteiger partial charge is 0.261 e. The largest absolute Gasteiger partial charge is 0.484 e. The summed E-state index contributed by atoms with van der Waals surface area (Å²) in [6.45, 7) is 6.13. The van der Waals surface area contributed by atoms with E-state index in [1.165, 1.54) is 4.90 Å². The molecular formula is C28H30Cl2N2O3. The topological polar surface area (TPSA) is 58.6 Å². The molecule has 0 bridgehead atoms. The summed E-state index contributed by atoms with van der Waals surface area (Å²) in [5.74, 6) is 0.000234. The minimum atomic E-state index is -0.777. The Morgan fingerprint density at radius 1 is 0.943 bits per heavy atom. The molecule has 1 N–H and O–H groups in total. The van der Waals surface area contributed by atoms with Crippen molar-refractivity contribution < 1.29 is 14.3 Å². The molecule has 2 amide bonds. The third kappa shape index (κ3) is 7.23. The highest BCUT2D eigenvalue weighted by Gasteiger charge is 2.31. The summed E-state index contributed by atoms with van der Waals surface area (Å²) in [6.07, 6.45) is 0.337. The van der Waals surface area contributed by atoms with Crippen molar-refractivity contribution in [1.82, 2.24) is 10.2 Å². The van der Waals surface area contributed by atoms with Crippen molar-refractivity contribution in [2.45, 2.75) is 39.8 Å². The average molecular weight is 513 g/mol. The summed E-state index contributed by atoms with van der Waals surface area (Å²) in [5, 5.41) is 3.72. The Hall–Kier alpha value is -3.02. The summed E-state index contributed by atoms with van der Waals surface area (Å²) in [4.78, 5) is 28.3. The van der Waals surface area contributed by atoms with Crippen LogP contribution in [0.5, 0.6) is 5.75 Å². The van der Waals surface area contributed by atoms with Crippen LogP contribution >= 0.6 is 23.2 Å². The number of aryl methyl sites for hydroxylation is 2. The first kappa shape index (κ1) is 26.6. The average Bonchev–Trinajstić information content (AvgIpc) is 2.84. The van der Waals surface area contributed by atoms with Crippen LogP contribution in [0.4, 0.5) is 0 Å². The van der Waals surface area contributed by atoms with Crippen LogP contribution in [0.25, 0.3) is 0 Å². The van der Waals surface area contributed by atoms with Crippen LogP contribution in [-0.4, -0.2) is 35.9 Å². The molecule has 0 aliphatic rings. The van der Waals surface area contributed by atoms with Crippen LogP contribution in [0.1, 0.15) is 29.2 Å². The molecule has 3 aromatic carbocycles. The van der Waals surface area contributed by atoms with Crippen molar-refractivity contribution in [2.24, 2.45) is 0 Å². The van der Waals surface area contributed by atoms with E-state index in [2.05, 4.69) is 5.32 Å². The van der Waals surface area contributed by atoms with E-state index in [0.29, 0.717) is 34.3 Å². The number of carbonyl (C=O) groups excluding carboxylic acids is 2. The van der Waals surface area contributed by atoms with Gasteiger partial charge in [-0.1, -0.05) is 65.7 Å². The SMILES string of the molecule is CCNC(=O)[C@@H](Cc1ccccc1)N(Cc1c(Cl)cccc1Cl)C(=O)COc1ccc(C)c(C)c1. The van der Waals surface area contributed by atoms with E-state index in [0.717, 1.165) is 16.7 Å². The molecule has 0 aromatic heterocycles. The van der Waals surface area contributed by atoms with Crippen molar-refractivity contribution in [2.75, 3.05) is 13.2 Å². The van der Waals surface area contributed by atoms with Crippen molar-refractivity contribution >= 4 is 35.0 Å². The first-order chi connectivity index (χ1) is 16.8. The molecule has 0 saturated carbocycles. The molecule has 0 spiro atoms. The van der Waals surface area contributed by atoms with Crippen LogP contribution in [0.2, 0.25) is 10.0 Å². The Balaban J connectivity index is 1.94. The number of carbonyl (C=O) groups is 2. The van der Waals surface area contributed by atoms with E-state index in [1.54, 1.807) is 18.2 Å². The zero-order valence-electron chi connectivity index (χ0n) is 20.2. The molecule has 3 rings (SSSR count). The molecular weight excluding hydrogens is 483 g/mol. The molecule has 5 nitrogen and oxygen atoms in total. The normalized spacial score (nSPS) is 11.6. The molecule has 184 valence electrons. The summed E-state index contributed by atoms with van der Waals surface area (Å²) >= 11 is 12.9. The fraction of sp³-hybridized carbons (Fsp3) is 0.286. The lowest BCUT2D eigenvalue weighted by Gasteiger charge is -2.32. The Bertz CT molecular complexity index is 1150. The Kier molecular flexibility index (Phi) is 9.58. The molecule has 0 aliphatic heterocycles. The van der Waals surface area contributed by atoms with Gasteiger partial charge in [0.15, 0.2) is 6.61 Å². The number of hydrogen-bond donors (Lipinski definition) is 1. The second-order valence-corrected chi connectivity index (χ2v) is 9.17. The van der Waals surface area contributed by atoms with E-state index in [4.69, 9.17) is 27.9 Å². The predicted octanol–water partition coefficient (Wildman–Crippen LogP) is 5.77. The van der Waals surface area contributed by atoms with Crippen molar-refractivity contribution in [3.8, 4) is 5.75 Å². The van der Waals surface area contributed by atoms with Crippen LogP contribution in [0.3, 0.4) is 0 Å². The van der Waals surface area contributed by atoms with Crippen molar-refractivity contribution in [3.05, 3.63) is 99.0 Å². The number of ether oxygens (including phenoxy) is 1. The van der Waals surface area contributed by atoms with Gasteiger partial charge in [-0.3, -0.25) is 9.59 Å². The van der Waals surface area contributed by atoms with Gasteiger partial charge in [-0.05, 0) is 61.7 Å². The van der Waals surface area contributed by atoms with Gasteiger partial charge in [0.05, 0.1) is 0 Å². The van der Waals surface area contributed by atoms with Gasteiger partial charge >= 0.3 is 0 Å². The second-order valence-electron chi connectivity index (χ2n) is 8.36. The second kappa shape index (κ2) is 12.6. The fourth-order valence-electron chi connectivity index (χ4n) is 3.73. The molecule has 0 heterocycles. The molecule has 7 heteroatoms. The number of hydrogen-bond acceptors (Lipinski definition) is 3. The van der Waals surface area contributed by atoms with E-state index in [1.807, 2.05) is 69.3 Å². The molecule has 0 radical (unpaired) electrons. The van der Waals surface area contributed by atoms with Crippen LogP contribution in [0.15, 0.2) is 66.7 Å². The van der Waals surface area contributed by atoms with E-state index >= 15 is 0 Å². The number of amides is 2. The molecule has 35 heavy (non-hydrogen) atoms. The summed E-state index contributed by atoms with van der Waals surface area (Å²) in [7, 11) is 0. The van der Waals surface area contributed by atoms with Gasteiger partial charge in [-0.25, -0.2) is 0 Å². The maximum atomic E-state index is 13.6. The van der Waals surface area contributed by atoms with Gasteiger partial charge in [-0.2, -0.15) is 0 Å². The number of rotatable bonds is 10. The summed E-state index contributed by atoms with van der Waals surface area (Å²) in [5.41, 5.74) is 3.72. The lowest BCUT2D eigenvalue weighted by molar-refractivity contribution is -0.142. The first-order valence-corrected chi connectivity index (χ1v) is 12.3. The molecule has 0 saturated heterocycles. The standard InChI is InChI=1S/C28H30Cl2N2O3/c1-4-31-28(34)26(16-21-9-6-5-7-10-21)32(17-23-24(29)11-8-12-25(23)30)27(33)18-35-22-14-13-19(2)20(3)15-22/h5-15,26H,4,16-18H2,1-3H3,(H,31,34)/t26-/m1/s1.